The highest BCUT2D eigenvalue weighted by Gasteiger charge is 2.15. The molecule has 6 heteroatoms. The highest BCUT2D eigenvalue weighted by molar-refractivity contribution is 7.92. The van der Waals surface area contributed by atoms with Crippen molar-refractivity contribution in [1.29, 1.82) is 0 Å². The Labute approximate surface area is 144 Å². The molecule has 1 aromatic carbocycles. The number of carbonyl (C=O) groups excluding carboxylic acids is 1. The normalized spacial score (nSPS) is 14.8. The number of sulfonamides is 1. The van der Waals surface area contributed by atoms with Gasteiger partial charge in [0.25, 0.3) is 5.91 Å². The minimum atomic E-state index is -3.30. The number of nitrogens with one attached hydrogen (secondary N) is 1. The molecule has 132 valence electrons. The van der Waals surface area contributed by atoms with Gasteiger partial charge in [0.1, 0.15) is 0 Å². The molecule has 0 aliphatic heterocycles. The Bertz CT molecular complexity index is 693. The number of carbonyl (C=O) groups is 1. The number of hydrogen-bond donors (Lipinski definition) is 1. The number of anilines is 1. The van der Waals surface area contributed by atoms with E-state index in [1.54, 1.807) is 31.2 Å². The maximum absolute atomic E-state index is 12.2. The molecular weight excluding hydrogens is 324 g/mol. The quantitative estimate of drug-likeness (QED) is 0.769. The molecule has 0 bridgehead atoms. The number of amides is 1. The van der Waals surface area contributed by atoms with Gasteiger partial charge in [0.05, 0.1) is 11.9 Å². The van der Waals surface area contributed by atoms with Crippen molar-refractivity contribution in [3.63, 3.8) is 0 Å². The molecule has 0 saturated carbocycles. The highest BCUT2D eigenvalue weighted by atomic mass is 32.2. The predicted molar refractivity (Wildman–Crippen MR) is 97.8 cm³/mol. The van der Waals surface area contributed by atoms with Crippen LogP contribution < -0.4 is 9.62 Å². The third-order valence-corrected chi connectivity index (χ3v) is 5.49. The summed E-state index contributed by atoms with van der Waals surface area (Å²) in [6.45, 7) is 2.78. The molecule has 5 nitrogen and oxygen atoms in total. The fraction of sp³-hybridized carbons (Fsp3) is 0.500. The second kappa shape index (κ2) is 8.33. The van der Waals surface area contributed by atoms with Crippen molar-refractivity contribution >= 4 is 21.6 Å². The van der Waals surface area contributed by atoms with Crippen molar-refractivity contribution < 1.29 is 13.2 Å². The Kier molecular flexibility index (Phi) is 6.43. The van der Waals surface area contributed by atoms with Crippen LogP contribution in [0.3, 0.4) is 0 Å². The maximum atomic E-state index is 12.2. The van der Waals surface area contributed by atoms with Gasteiger partial charge in [0, 0.05) is 18.7 Å². The molecule has 1 amide bonds. The smallest absolute Gasteiger partial charge is 0.251 e. The van der Waals surface area contributed by atoms with E-state index in [2.05, 4.69) is 11.4 Å². The van der Waals surface area contributed by atoms with Gasteiger partial charge in [-0.1, -0.05) is 11.6 Å². The first-order valence-electron chi connectivity index (χ1n) is 8.45. The van der Waals surface area contributed by atoms with E-state index in [0.717, 1.165) is 19.3 Å². The summed E-state index contributed by atoms with van der Waals surface area (Å²) < 4.78 is 24.7. The van der Waals surface area contributed by atoms with Crippen LogP contribution in [0.5, 0.6) is 0 Å². The molecular formula is C18H26N2O3S. The van der Waals surface area contributed by atoms with E-state index in [-0.39, 0.29) is 5.91 Å². The Hall–Kier alpha value is -1.82. The highest BCUT2D eigenvalue weighted by Crippen LogP contribution is 2.20. The van der Waals surface area contributed by atoms with Gasteiger partial charge in [-0.25, -0.2) is 8.42 Å². The zero-order chi connectivity index (χ0) is 17.6. The lowest BCUT2D eigenvalue weighted by atomic mass is 9.97. The molecule has 0 radical (unpaired) electrons. The molecule has 1 aromatic rings. The van der Waals surface area contributed by atoms with Crippen molar-refractivity contribution in [3.05, 3.63) is 41.5 Å². The van der Waals surface area contributed by atoms with Crippen molar-refractivity contribution in [2.24, 2.45) is 0 Å². The Balaban J connectivity index is 1.92. The van der Waals surface area contributed by atoms with Gasteiger partial charge < -0.3 is 5.32 Å². The molecule has 0 spiro atoms. The SMILES string of the molecule is CCN(c1ccc(C(=O)NCCC2=CCCCC2)cc1)S(C)(=O)=O. The molecule has 2 rings (SSSR count). The number of nitrogens with zero attached hydrogens (tertiary/aromatic N) is 1. The second-order valence-electron chi connectivity index (χ2n) is 6.09. The molecule has 24 heavy (non-hydrogen) atoms. The summed E-state index contributed by atoms with van der Waals surface area (Å²) in [7, 11) is -3.30. The van der Waals surface area contributed by atoms with E-state index in [1.165, 1.54) is 29.0 Å². The molecule has 0 saturated heterocycles. The molecule has 0 unspecified atom stereocenters. The van der Waals surface area contributed by atoms with Gasteiger partial charge in [0.2, 0.25) is 10.0 Å². The summed E-state index contributed by atoms with van der Waals surface area (Å²) in [5.74, 6) is -0.125. The molecule has 0 heterocycles. The third-order valence-electron chi connectivity index (χ3n) is 4.22. The lowest BCUT2D eigenvalue weighted by molar-refractivity contribution is 0.0954. The van der Waals surface area contributed by atoms with E-state index >= 15 is 0 Å². The average Bonchev–Trinajstić information content (AvgIpc) is 2.56. The molecule has 0 aromatic heterocycles. The summed E-state index contributed by atoms with van der Waals surface area (Å²) in [6.07, 6.45) is 9.18. The van der Waals surface area contributed by atoms with Gasteiger partial charge in [-0.15, -0.1) is 0 Å². The van der Waals surface area contributed by atoms with Crippen LogP contribution in [0.15, 0.2) is 35.9 Å². The lowest BCUT2D eigenvalue weighted by Crippen LogP contribution is -2.29. The van der Waals surface area contributed by atoms with Crippen LogP contribution in [0, 0.1) is 0 Å². The van der Waals surface area contributed by atoms with Crippen molar-refractivity contribution in [3.8, 4) is 0 Å². The first-order valence-corrected chi connectivity index (χ1v) is 10.3. The predicted octanol–water partition coefficient (Wildman–Crippen LogP) is 3.09. The fourth-order valence-corrected chi connectivity index (χ4v) is 3.93. The van der Waals surface area contributed by atoms with Crippen LogP contribution in [0.4, 0.5) is 5.69 Å². The van der Waals surface area contributed by atoms with Gasteiger partial charge in [-0.3, -0.25) is 9.10 Å². The number of rotatable bonds is 7. The topological polar surface area (TPSA) is 66.5 Å². The summed E-state index contributed by atoms with van der Waals surface area (Å²) in [4.78, 5) is 12.2. The zero-order valence-corrected chi connectivity index (χ0v) is 15.2. The standard InChI is InChI=1S/C18H26N2O3S/c1-3-20(24(2,22)23)17-11-9-16(10-12-17)18(21)19-14-13-15-7-5-4-6-8-15/h7,9-12H,3-6,8,13-14H2,1-2H3,(H,19,21). The second-order valence-corrected chi connectivity index (χ2v) is 8.00. The zero-order valence-electron chi connectivity index (χ0n) is 14.4. The molecule has 1 aliphatic carbocycles. The van der Waals surface area contributed by atoms with Crippen LogP contribution >= 0.6 is 0 Å². The van der Waals surface area contributed by atoms with Crippen LogP contribution in [0.1, 0.15) is 49.4 Å². The van der Waals surface area contributed by atoms with E-state index in [0.29, 0.717) is 24.3 Å². The van der Waals surface area contributed by atoms with E-state index in [1.807, 2.05) is 0 Å². The molecule has 0 fully saturated rings. The molecule has 0 atom stereocenters. The van der Waals surface area contributed by atoms with Gasteiger partial charge in [0.15, 0.2) is 0 Å². The van der Waals surface area contributed by atoms with Crippen LogP contribution in [0.25, 0.3) is 0 Å². The maximum Gasteiger partial charge on any atom is 0.251 e. The van der Waals surface area contributed by atoms with Gasteiger partial charge in [-0.2, -0.15) is 0 Å². The van der Waals surface area contributed by atoms with Gasteiger partial charge >= 0.3 is 0 Å². The first-order chi connectivity index (χ1) is 11.4. The van der Waals surface area contributed by atoms with Crippen molar-refractivity contribution in [2.75, 3.05) is 23.7 Å². The number of hydrogen-bond acceptors (Lipinski definition) is 3. The van der Waals surface area contributed by atoms with Crippen LogP contribution in [-0.4, -0.2) is 33.7 Å². The van der Waals surface area contributed by atoms with E-state index < -0.39 is 10.0 Å². The number of benzene rings is 1. The van der Waals surface area contributed by atoms with Crippen LogP contribution in [-0.2, 0) is 10.0 Å². The lowest BCUT2D eigenvalue weighted by Gasteiger charge is -2.20. The summed E-state index contributed by atoms with van der Waals surface area (Å²) in [6, 6.07) is 6.67. The fourth-order valence-electron chi connectivity index (χ4n) is 2.96. The monoisotopic (exact) mass is 350 g/mol. The van der Waals surface area contributed by atoms with Crippen molar-refractivity contribution in [2.45, 2.75) is 39.0 Å². The number of allylic oxidation sites excluding steroid dienone is 1. The van der Waals surface area contributed by atoms with Gasteiger partial charge in [-0.05, 0) is 63.3 Å². The summed E-state index contributed by atoms with van der Waals surface area (Å²) in [5.41, 5.74) is 2.55. The largest absolute Gasteiger partial charge is 0.352 e. The van der Waals surface area contributed by atoms with E-state index in [9.17, 15) is 13.2 Å². The Morgan fingerprint density at radius 1 is 1.21 bits per heavy atom. The van der Waals surface area contributed by atoms with Crippen molar-refractivity contribution in [1.82, 2.24) is 5.32 Å². The van der Waals surface area contributed by atoms with Crippen LogP contribution in [0.2, 0.25) is 0 Å². The molecule has 1 N–H and O–H groups in total. The Morgan fingerprint density at radius 3 is 2.46 bits per heavy atom. The first kappa shape index (κ1) is 18.5. The average molecular weight is 350 g/mol. The Morgan fingerprint density at radius 2 is 1.92 bits per heavy atom. The summed E-state index contributed by atoms with van der Waals surface area (Å²) in [5, 5.41) is 2.93. The van der Waals surface area contributed by atoms with E-state index in [4.69, 9.17) is 0 Å². The third kappa shape index (κ3) is 5.09. The molecule has 1 aliphatic rings. The summed E-state index contributed by atoms with van der Waals surface area (Å²) >= 11 is 0. The minimum absolute atomic E-state index is 0.125. The minimum Gasteiger partial charge on any atom is -0.352 e.